The smallest absolute Gasteiger partial charge is 0.286 e. The molecule has 0 saturated heterocycles. The molecule has 88 valence electrons. The summed E-state index contributed by atoms with van der Waals surface area (Å²) in [5.74, 6) is 5.42. The van der Waals surface area contributed by atoms with Crippen molar-refractivity contribution in [2.75, 3.05) is 5.84 Å². The van der Waals surface area contributed by atoms with Crippen molar-refractivity contribution in [3.8, 4) is 0 Å². The summed E-state index contributed by atoms with van der Waals surface area (Å²) in [4.78, 5) is 12.0. The first-order valence-corrected chi connectivity index (χ1v) is 6.32. The molecule has 0 unspecified atom stereocenters. The summed E-state index contributed by atoms with van der Waals surface area (Å²) >= 11 is 6.69. The average molecular weight is 361 g/mol. The van der Waals surface area contributed by atoms with Crippen molar-refractivity contribution in [2.45, 2.75) is 6.54 Å². The molecule has 2 rings (SSSR count). The van der Waals surface area contributed by atoms with Crippen molar-refractivity contribution in [3.05, 3.63) is 45.4 Å². The number of carbonyl (C=O) groups excluding carboxylic acids is 1. The number of carbonyl (C=O) groups is 1. The van der Waals surface area contributed by atoms with E-state index in [4.69, 9.17) is 5.84 Å². The number of nitrogens with two attached hydrogens (primary N) is 1. The highest BCUT2D eigenvalue weighted by Crippen LogP contribution is 2.22. The first-order valence-electron chi connectivity index (χ1n) is 4.73. The number of aromatic nitrogens is 3. The third-order valence-corrected chi connectivity index (χ3v) is 3.29. The summed E-state index contributed by atoms with van der Waals surface area (Å²) in [7, 11) is 0. The first kappa shape index (κ1) is 12.3. The standard InChI is InChI=1S/C10H9Br2N4O/c11-7-1-2-8(9(12)3-7)10(17)4-16-6-15(13)5-14-16/h1-3,5-6H,4,13H2/q+1. The molecule has 2 aromatic rings. The zero-order chi connectivity index (χ0) is 12.4. The molecule has 17 heavy (non-hydrogen) atoms. The molecule has 0 radical (unpaired) electrons. The number of benzene rings is 1. The molecule has 2 N–H and O–H groups in total. The van der Waals surface area contributed by atoms with Gasteiger partial charge in [-0.25, -0.2) is 0 Å². The lowest BCUT2D eigenvalue weighted by Gasteiger charge is -2.01. The average Bonchev–Trinajstić information content (AvgIpc) is 2.63. The molecule has 0 atom stereocenters. The number of halogens is 2. The van der Waals surface area contributed by atoms with E-state index in [0.717, 1.165) is 8.95 Å². The van der Waals surface area contributed by atoms with Gasteiger partial charge in [0.15, 0.2) is 6.54 Å². The minimum atomic E-state index is -0.0342. The number of hydrogen-bond donors (Lipinski definition) is 1. The minimum Gasteiger partial charge on any atom is -0.290 e. The van der Waals surface area contributed by atoms with Crippen LogP contribution < -0.4 is 10.5 Å². The van der Waals surface area contributed by atoms with Gasteiger partial charge in [0.1, 0.15) is 0 Å². The number of Topliss-reactive ketones (excluding diaryl/α,β-unsaturated/α-hetero) is 1. The Morgan fingerprint density at radius 3 is 2.82 bits per heavy atom. The van der Waals surface area contributed by atoms with Crippen LogP contribution in [0, 0.1) is 0 Å². The van der Waals surface area contributed by atoms with Gasteiger partial charge in [-0.05, 0) is 18.2 Å². The molecule has 7 heteroatoms. The van der Waals surface area contributed by atoms with Gasteiger partial charge in [0.2, 0.25) is 12.1 Å². The van der Waals surface area contributed by atoms with Crippen LogP contribution in [0.3, 0.4) is 0 Å². The highest BCUT2D eigenvalue weighted by molar-refractivity contribution is 9.11. The molecule has 0 bridgehead atoms. The third kappa shape index (κ3) is 2.92. The van der Waals surface area contributed by atoms with Crippen LogP contribution in [-0.4, -0.2) is 15.6 Å². The molecule has 5 nitrogen and oxygen atoms in total. The molecule has 0 aliphatic rings. The summed E-state index contributed by atoms with van der Waals surface area (Å²) in [6.45, 7) is 0.157. The highest BCUT2D eigenvalue weighted by atomic mass is 79.9. The molecular weight excluding hydrogens is 352 g/mol. The van der Waals surface area contributed by atoms with Crippen molar-refractivity contribution >= 4 is 37.6 Å². The Morgan fingerprint density at radius 2 is 2.24 bits per heavy atom. The molecule has 1 aromatic carbocycles. The van der Waals surface area contributed by atoms with E-state index < -0.39 is 0 Å². The fraction of sp³-hybridized carbons (Fsp3) is 0.100. The topological polar surface area (TPSA) is 64.8 Å². The lowest BCUT2D eigenvalue weighted by molar-refractivity contribution is -0.639. The van der Waals surface area contributed by atoms with Gasteiger partial charge in [-0.3, -0.25) is 10.6 Å². The van der Waals surface area contributed by atoms with E-state index in [1.54, 1.807) is 12.4 Å². The second kappa shape index (κ2) is 4.97. The van der Waals surface area contributed by atoms with Crippen LogP contribution in [0.1, 0.15) is 10.4 Å². The second-order valence-electron chi connectivity index (χ2n) is 3.44. The van der Waals surface area contributed by atoms with Gasteiger partial charge >= 0.3 is 0 Å². The molecular formula is C10H9Br2N4O+. The minimum absolute atomic E-state index is 0.0342. The number of nitrogens with zero attached hydrogens (tertiary/aromatic N) is 3. The maximum absolute atomic E-state index is 12.0. The molecule has 0 amide bonds. The van der Waals surface area contributed by atoms with Crippen LogP contribution in [0.5, 0.6) is 0 Å². The molecule has 0 spiro atoms. The second-order valence-corrected chi connectivity index (χ2v) is 5.21. The van der Waals surface area contributed by atoms with Gasteiger partial charge in [0, 0.05) is 19.6 Å². The Kier molecular flexibility index (Phi) is 3.58. The largest absolute Gasteiger partial charge is 0.290 e. The van der Waals surface area contributed by atoms with Crippen molar-refractivity contribution in [2.24, 2.45) is 0 Å². The normalized spacial score (nSPS) is 10.5. The van der Waals surface area contributed by atoms with Gasteiger partial charge in [0.05, 0.1) is 0 Å². The quantitative estimate of drug-likeness (QED) is 0.509. The van der Waals surface area contributed by atoms with E-state index in [-0.39, 0.29) is 12.3 Å². The van der Waals surface area contributed by atoms with Crippen molar-refractivity contribution in [1.29, 1.82) is 0 Å². The molecule has 1 aromatic heterocycles. The van der Waals surface area contributed by atoms with Gasteiger partial charge in [0.25, 0.3) is 6.33 Å². The lowest BCUT2D eigenvalue weighted by atomic mass is 10.1. The van der Waals surface area contributed by atoms with Crippen molar-refractivity contribution < 1.29 is 9.47 Å². The van der Waals surface area contributed by atoms with E-state index in [1.165, 1.54) is 15.7 Å². The van der Waals surface area contributed by atoms with Crippen LogP contribution in [0.15, 0.2) is 39.8 Å². The van der Waals surface area contributed by atoms with Gasteiger partial charge < -0.3 is 0 Å². The fourth-order valence-electron chi connectivity index (χ4n) is 1.37. The van der Waals surface area contributed by atoms with Crippen molar-refractivity contribution in [3.63, 3.8) is 0 Å². The number of ketones is 1. The van der Waals surface area contributed by atoms with Crippen LogP contribution >= 0.6 is 31.9 Å². The van der Waals surface area contributed by atoms with E-state index in [9.17, 15) is 4.79 Å². The summed E-state index contributed by atoms with van der Waals surface area (Å²) in [6.07, 6.45) is 2.98. The fourth-order valence-corrected chi connectivity index (χ4v) is 2.64. The number of rotatable bonds is 3. The zero-order valence-corrected chi connectivity index (χ0v) is 11.8. The summed E-state index contributed by atoms with van der Waals surface area (Å²) in [5, 5.41) is 3.94. The molecule has 0 aliphatic carbocycles. The highest BCUT2D eigenvalue weighted by Gasteiger charge is 2.15. The van der Waals surface area contributed by atoms with Crippen LogP contribution in [0.4, 0.5) is 0 Å². The monoisotopic (exact) mass is 359 g/mol. The lowest BCUT2D eigenvalue weighted by Crippen LogP contribution is -2.42. The van der Waals surface area contributed by atoms with Crippen LogP contribution in [-0.2, 0) is 6.54 Å². The first-order chi connectivity index (χ1) is 8.06. The van der Waals surface area contributed by atoms with Crippen molar-refractivity contribution in [1.82, 2.24) is 9.78 Å². The van der Waals surface area contributed by atoms with E-state index in [1.807, 2.05) is 12.1 Å². The van der Waals surface area contributed by atoms with E-state index in [0.29, 0.717) is 5.56 Å². The summed E-state index contributed by atoms with van der Waals surface area (Å²) in [6, 6.07) is 5.42. The van der Waals surface area contributed by atoms with Gasteiger partial charge in [-0.1, -0.05) is 31.9 Å². The Balaban J connectivity index is 2.20. The molecule has 0 fully saturated rings. The third-order valence-electron chi connectivity index (χ3n) is 2.14. The zero-order valence-electron chi connectivity index (χ0n) is 8.68. The van der Waals surface area contributed by atoms with E-state index >= 15 is 0 Å². The predicted molar refractivity (Wildman–Crippen MR) is 68.7 cm³/mol. The maximum Gasteiger partial charge on any atom is 0.286 e. The number of nitrogen functional groups attached to an aromatic ring is 1. The molecule has 1 heterocycles. The maximum atomic E-state index is 12.0. The molecule has 0 aliphatic heterocycles. The Labute approximate surface area is 114 Å². The SMILES string of the molecule is N[n+]1cnn(CC(=O)c2ccc(Br)cc2Br)c1. The summed E-state index contributed by atoms with van der Waals surface area (Å²) < 4.78 is 4.45. The van der Waals surface area contributed by atoms with Gasteiger partial charge in [-0.2, -0.15) is 0 Å². The van der Waals surface area contributed by atoms with E-state index in [2.05, 4.69) is 37.0 Å². The van der Waals surface area contributed by atoms with Crippen LogP contribution in [0.25, 0.3) is 0 Å². The summed E-state index contributed by atoms with van der Waals surface area (Å²) in [5.41, 5.74) is 0.618. The number of hydrogen-bond acceptors (Lipinski definition) is 3. The Morgan fingerprint density at radius 1 is 1.47 bits per heavy atom. The Hall–Kier alpha value is -1.21. The van der Waals surface area contributed by atoms with Gasteiger partial charge in [-0.15, -0.1) is 9.36 Å². The predicted octanol–water partition coefficient (Wildman–Crippen LogP) is 1.29. The Bertz CT molecular complexity index is 567. The molecule has 0 saturated carbocycles. The van der Waals surface area contributed by atoms with Crippen LogP contribution in [0.2, 0.25) is 0 Å².